The van der Waals surface area contributed by atoms with E-state index < -0.39 is 17.5 Å². The van der Waals surface area contributed by atoms with Gasteiger partial charge in [0, 0.05) is 25.5 Å². The largest absolute Gasteiger partial charge is 0.351 e. The van der Waals surface area contributed by atoms with Gasteiger partial charge in [-0.15, -0.1) is 0 Å². The number of amides is 1. The van der Waals surface area contributed by atoms with Crippen LogP contribution in [-0.4, -0.2) is 48.0 Å². The molecule has 0 radical (unpaired) electrons. The Bertz CT molecular complexity index is 722. The minimum absolute atomic E-state index is 0.0512. The molecule has 1 heterocycles. The van der Waals surface area contributed by atoms with Crippen molar-refractivity contribution in [1.29, 1.82) is 0 Å². The van der Waals surface area contributed by atoms with Crippen LogP contribution in [-0.2, 0) is 0 Å². The molecule has 0 saturated heterocycles. The maximum absolute atomic E-state index is 13.6. The molecule has 0 atom stereocenters. The van der Waals surface area contributed by atoms with E-state index in [0.717, 1.165) is 12.1 Å². The molecule has 9 heteroatoms. The first-order valence-electron chi connectivity index (χ1n) is 7.04. The molecule has 2 N–H and O–H groups in total. The van der Waals surface area contributed by atoms with Crippen LogP contribution in [0, 0.1) is 17.5 Å². The zero-order valence-corrected chi connectivity index (χ0v) is 13.1. The van der Waals surface area contributed by atoms with E-state index in [4.69, 9.17) is 0 Å². The van der Waals surface area contributed by atoms with Crippen LogP contribution in [0.3, 0.4) is 0 Å². The molecule has 1 aromatic heterocycles. The van der Waals surface area contributed by atoms with Gasteiger partial charge in [0.05, 0.1) is 11.3 Å². The quantitative estimate of drug-likeness (QED) is 0.787. The fourth-order valence-corrected chi connectivity index (χ4v) is 1.75. The Morgan fingerprint density at radius 2 is 1.79 bits per heavy atom. The minimum atomic E-state index is -1.59. The van der Waals surface area contributed by atoms with Crippen LogP contribution in [0.25, 0.3) is 0 Å². The Hall–Kier alpha value is -2.68. The maximum Gasteiger partial charge on any atom is 0.254 e. The smallest absolute Gasteiger partial charge is 0.254 e. The Labute approximate surface area is 136 Å². The number of likely N-dealkylation sites (N-methyl/N-ethyl adjacent to an activating group) is 1. The third kappa shape index (κ3) is 4.42. The number of nitrogens with zero attached hydrogens (tertiary/aromatic N) is 3. The highest BCUT2D eigenvalue weighted by Gasteiger charge is 2.14. The lowest BCUT2D eigenvalue weighted by Crippen LogP contribution is -2.31. The Morgan fingerprint density at radius 1 is 1.12 bits per heavy atom. The lowest BCUT2D eigenvalue weighted by atomic mass is 10.3. The van der Waals surface area contributed by atoms with E-state index in [1.54, 1.807) is 0 Å². The number of hydrogen-bond donors (Lipinski definition) is 2. The fraction of sp³-hybridized carbons (Fsp3) is 0.267. The van der Waals surface area contributed by atoms with Crippen LogP contribution < -0.4 is 10.6 Å². The van der Waals surface area contributed by atoms with Gasteiger partial charge >= 0.3 is 0 Å². The van der Waals surface area contributed by atoms with Gasteiger partial charge in [0.25, 0.3) is 5.91 Å². The van der Waals surface area contributed by atoms with Crippen molar-refractivity contribution < 1.29 is 18.0 Å². The van der Waals surface area contributed by atoms with Crippen LogP contribution in [0.5, 0.6) is 0 Å². The molecule has 6 nitrogen and oxygen atoms in total. The Balaban J connectivity index is 2.02. The van der Waals surface area contributed by atoms with Crippen LogP contribution in [0.1, 0.15) is 10.4 Å². The lowest BCUT2D eigenvalue weighted by molar-refractivity contribution is 0.0950. The topological polar surface area (TPSA) is 70.2 Å². The number of benzene rings is 1. The number of nitrogens with one attached hydrogen (secondary N) is 2. The summed E-state index contributed by atoms with van der Waals surface area (Å²) in [6.07, 6.45) is 2.50. The lowest BCUT2D eigenvalue weighted by Gasteiger charge is -2.10. The van der Waals surface area contributed by atoms with Gasteiger partial charge < -0.3 is 15.5 Å². The second-order valence-corrected chi connectivity index (χ2v) is 5.20. The molecule has 1 aromatic carbocycles. The average Bonchev–Trinajstić information content (AvgIpc) is 2.55. The highest BCUT2D eigenvalue weighted by molar-refractivity contribution is 5.93. The molecule has 0 aliphatic rings. The second-order valence-electron chi connectivity index (χ2n) is 5.20. The average molecular weight is 339 g/mol. The molecule has 0 bridgehead atoms. The molecule has 2 aromatic rings. The van der Waals surface area contributed by atoms with E-state index in [1.807, 2.05) is 19.0 Å². The number of carbonyl (C=O) groups is 1. The molecule has 0 saturated carbocycles. The molecule has 128 valence electrons. The molecule has 1 amide bonds. The third-order valence-electron chi connectivity index (χ3n) is 3.04. The molecule has 0 aliphatic carbocycles. The predicted molar refractivity (Wildman–Crippen MR) is 82.5 cm³/mol. The summed E-state index contributed by atoms with van der Waals surface area (Å²) in [5.74, 6) is -4.64. The van der Waals surface area contributed by atoms with Crippen molar-refractivity contribution in [2.75, 3.05) is 32.5 Å². The molecular weight excluding hydrogens is 323 g/mol. The summed E-state index contributed by atoms with van der Waals surface area (Å²) in [5.41, 5.74) is -0.0813. The van der Waals surface area contributed by atoms with Crippen molar-refractivity contribution in [1.82, 2.24) is 20.2 Å². The van der Waals surface area contributed by atoms with E-state index in [2.05, 4.69) is 20.6 Å². The summed E-state index contributed by atoms with van der Waals surface area (Å²) in [4.78, 5) is 21.5. The van der Waals surface area contributed by atoms with Crippen LogP contribution in [0.4, 0.5) is 24.8 Å². The Kier molecular flexibility index (Phi) is 5.69. The van der Waals surface area contributed by atoms with E-state index in [1.165, 1.54) is 12.4 Å². The van der Waals surface area contributed by atoms with E-state index in [9.17, 15) is 18.0 Å². The van der Waals surface area contributed by atoms with Gasteiger partial charge in [-0.25, -0.2) is 23.1 Å². The first kappa shape index (κ1) is 17.7. The van der Waals surface area contributed by atoms with Crippen molar-refractivity contribution in [3.05, 3.63) is 47.5 Å². The number of rotatable bonds is 6. The number of hydrogen-bond acceptors (Lipinski definition) is 5. The highest BCUT2D eigenvalue weighted by Crippen LogP contribution is 2.21. The molecular formula is C15H16F3N5O. The number of carbonyl (C=O) groups excluding carboxylic acids is 1. The molecule has 0 unspecified atom stereocenters. The highest BCUT2D eigenvalue weighted by atomic mass is 19.2. The van der Waals surface area contributed by atoms with Gasteiger partial charge in [-0.1, -0.05) is 0 Å². The molecule has 0 spiro atoms. The molecule has 24 heavy (non-hydrogen) atoms. The van der Waals surface area contributed by atoms with Crippen molar-refractivity contribution in [2.45, 2.75) is 0 Å². The minimum Gasteiger partial charge on any atom is -0.351 e. The summed E-state index contributed by atoms with van der Waals surface area (Å²) >= 11 is 0. The summed E-state index contributed by atoms with van der Waals surface area (Å²) in [7, 11) is 3.76. The van der Waals surface area contributed by atoms with Gasteiger partial charge in [0.1, 0.15) is 0 Å². The summed E-state index contributed by atoms with van der Waals surface area (Å²) in [6.45, 7) is 1.15. The van der Waals surface area contributed by atoms with Crippen molar-refractivity contribution in [2.24, 2.45) is 0 Å². The van der Waals surface area contributed by atoms with Gasteiger partial charge in [0.2, 0.25) is 5.95 Å². The number of aromatic nitrogens is 2. The van der Waals surface area contributed by atoms with E-state index in [-0.39, 0.29) is 23.1 Å². The number of anilines is 2. The fourth-order valence-electron chi connectivity index (χ4n) is 1.75. The first-order chi connectivity index (χ1) is 11.4. The van der Waals surface area contributed by atoms with Crippen LogP contribution in [0.2, 0.25) is 0 Å². The van der Waals surface area contributed by atoms with E-state index in [0.29, 0.717) is 13.1 Å². The summed E-state index contributed by atoms with van der Waals surface area (Å²) < 4.78 is 39.6. The molecule has 2 rings (SSSR count). The summed E-state index contributed by atoms with van der Waals surface area (Å²) in [6, 6.07) is 1.81. The van der Waals surface area contributed by atoms with Gasteiger partial charge in [0.15, 0.2) is 17.5 Å². The normalized spacial score (nSPS) is 10.8. The standard InChI is InChI=1S/C15H16F3N5O/c1-23(2)6-5-19-14(24)9-7-20-15(21-8-9)22-11-4-3-10(16)12(17)13(11)18/h3-4,7-8H,5-6H2,1-2H3,(H,19,24)(H,20,21,22). The van der Waals surface area contributed by atoms with Crippen molar-refractivity contribution in [3.63, 3.8) is 0 Å². The summed E-state index contributed by atoms with van der Waals surface area (Å²) in [5, 5.41) is 5.11. The molecule has 0 fully saturated rings. The van der Waals surface area contributed by atoms with Crippen molar-refractivity contribution >= 4 is 17.5 Å². The number of halogens is 3. The Morgan fingerprint density at radius 3 is 2.42 bits per heavy atom. The SMILES string of the molecule is CN(C)CCNC(=O)c1cnc(Nc2ccc(F)c(F)c2F)nc1. The monoisotopic (exact) mass is 339 g/mol. The van der Waals surface area contributed by atoms with Crippen LogP contribution in [0.15, 0.2) is 24.5 Å². The van der Waals surface area contributed by atoms with E-state index >= 15 is 0 Å². The van der Waals surface area contributed by atoms with Crippen LogP contribution >= 0.6 is 0 Å². The third-order valence-corrected chi connectivity index (χ3v) is 3.04. The maximum atomic E-state index is 13.6. The predicted octanol–water partition coefficient (Wildman–Crippen LogP) is 1.93. The van der Waals surface area contributed by atoms with Gasteiger partial charge in [-0.3, -0.25) is 4.79 Å². The first-order valence-corrected chi connectivity index (χ1v) is 7.04. The zero-order valence-electron chi connectivity index (χ0n) is 13.1. The van der Waals surface area contributed by atoms with Gasteiger partial charge in [-0.05, 0) is 26.2 Å². The van der Waals surface area contributed by atoms with Gasteiger partial charge in [-0.2, -0.15) is 0 Å². The zero-order chi connectivity index (χ0) is 17.7. The molecule has 0 aliphatic heterocycles. The second kappa shape index (κ2) is 7.73. The van der Waals surface area contributed by atoms with Crippen molar-refractivity contribution in [3.8, 4) is 0 Å².